The molecule has 4 aliphatic rings. The number of nitrogens with zero attached hydrogens (tertiary/aromatic N) is 2. The number of benzene rings is 1. The zero-order chi connectivity index (χ0) is 25.6. The lowest BCUT2D eigenvalue weighted by Gasteiger charge is -2.50. The maximum Gasteiger partial charge on any atom is 0.423 e. The standard InChI is InChI=1S/C24H22Cl2N2O7/c1-10-8-11(4-7-15(10)29)17-12-5-6-13-16(19(31)28(18(13)30)22(34)35-3)14(12)9-23(25)20(32)27(2)21(33)24(17,23)26/h4-5,7-8,13-14,16-17,29H,6,9H2,1-3H3. The third kappa shape index (κ3) is 2.79. The summed E-state index contributed by atoms with van der Waals surface area (Å²) in [6.07, 6.45) is 0.669. The predicted octanol–water partition coefficient (Wildman–Crippen LogP) is 2.46. The van der Waals surface area contributed by atoms with Crippen LogP contribution in [0.4, 0.5) is 4.79 Å². The largest absolute Gasteiger partial charge is 0.508 e. The van der Waals surface area contributed by atoms with Gasteiger partial charge in [0.2, 0.25) is 11.8 Å². The Balaban J connectivity index is 1.72. The van der Waals surface area contributed by atoms with E-state index in [2.05, 4.69) is 4.74 Å². The molecule has 1 aromatic rings. The summed E-state index contributed by atoms with van der Waals surface area (Å²) in [6, 6.07) is 4.72. The Morgan fingerprint density at radius 2 is 1.80 bits per heavy atom. The van der Waals surface area contributed by atoms with Crippen molar-refractivity contribution in [3.05, 3.63) is 41.0 Å². The molecule has 1 aromatic carbocycles. The van der Waals surface area contributed by atoms with Gasteiger partial charge in [-0.15, -0.1) is 23.2 Å². The Labute approximate surface area is 210 Å². The van der Waals surface area contributed by atoms with E-state index in [-0.39, 0.29) is 18.6 Å². The van der Waals surface area contributed by atoms with Gasteiger partial charge in [-0.1, -0.05) is 23.8 Å². The number of aryl methyl sites for hydroxylation is 1. The van der Waals surface area contributed by atoms with Crippen LogP contribution >= 0.6 is 23.2 Å². The fourth-order valence-electron chi connectivity index (χ4n) is 6.25. The number of ether oxygens (including phenoxy) is 1. The number of rotatable bonds is 1. The Kier molecular flexibility index (Phi) is 5.13. The summed E-state index contributed by atoms with van der Waals surface area (Å²) in [5.74, 6) is -6.16. The molecule has 9 nitrogen and oxygen atoms in total. The van der Waals surface area contributed by atoms with E-state index >= 15 is 0 Å². The van der Waals surface area contributed by atoms with E-state index in [1.807, 2.05) is 0 Å². The minimum Gasteiger partial charge on any atom is -0.508 e. The zero-order valence-corrected chi connectivity index (χ0v) is 20.6. The summed E-state index contributed by atoms with van der Waals surface area (Å²) in [7, 11) is 2.38. The zero-order valence-electron chi connectivity index (χ0n) is 19.1. The van der Waals surface area contributed by atoms with E-state index in [4.69, 9.17) is 23.2 Å². The first-order chi connectivity index (χ1) is 16.4. The van der Waals surface area contributed by atoms with E-state index in [1.165, 1.54) is 13.1 Å². The van der Waals surface area contributed by atoms with Gasteiger partial charge in [0, 0.05) is 13.0 Å². The number of phenolic OH excluding ortho intramolecular Hbond substituents is 1. The van der Waals surface area contributed by atoms with E-state index in [9.17, 15) is 29.1 Å². The molecule has 2 saturated heterocycles. The van der Waals surface area contributed by atoms with E-state index in [0.717, 1.165) is 12.0 Å². The number of fused-ring (bicyclic) bond motifs is 4. The number of carbonyl (C=O) groups is 5. The van der Waals surface area contributed by atoms with Gasteiger partial charge < -0.3 is 9.84 Å². The highest BCUT2D eigenvalue weighted by molar-refractivity contribution is 6.53. The lowest BCUT2D eigenvalue weighted by molar-refractivity contribution is -0.139. The van der Waals surface area contributed by atoms with Crippen molar-refractivity contribution in [3.8, 4) is 5.75 Å². The third-order valence-electron chi connectivity index (χ3n) is 7.93. The fraction of sp³-hybridized carbons (Fsp3) is 0.458. The van der Waals surface area contributed by atoms with Crippen molar-refractivity contribution in [3.63, 3.8) is 0 Å². The van der Waals surface area contributed by atoms with Gasteiger partial charge in [-0.3, -0.25) is 24.1 Å². The number of likely N-dealkylation sites (tertiary alicyclic amines) is 2. The smallest absolute Gasteiger partial charge is 0.423 e. The van der Waals surface area contributed by atoms with Gasteiger partial charge in [0.05, 0.1) is 18.9 Å². The number of halogens is 2. The molecule has 2 heterocycles. The summed E-state index contributed by atoms with van der Waals surface area (Å²) in [4.78, 5) is 62.8. The number of imide groups is 4. The van der Waals surface area contributed by atoms with Gasteiger partial charge >= 0.3 is 6.09 Å². The molecule has 2 aliphatic heterocycles. The van der Waals surface area contributed by atoms with Crippen molar-refractivity contribution in [2.45, 2.75) is 35.4 Å². The monoisotopic (exact) mass is 520 g/mol. The highest BCUT2D eigenvalue weighted by Gasteiger charge is 2.76. The van der Waals surface area contributed by atoms with E-state index < -0.39 is 63.1 Å². The molecule has 1 N–H and O–H groups in total. The Morgan fingerprint density at radius 1 is 1.11 bits per heavy atom. The number of amides is 5. The number of phenols is 1. The maximum absolute atomic E-state index is 13.4. The fourth-order valence-corrected chi connectivity index (χ4v) is 7.27. The number of allylic oxidation sites excluding steroid dienone is 2. The summed E-state index contributed by atoms with van der Waals surface area (Å²) in [6.45, 7) is 1.68. The van der Waals surface area contributed by atoms with Gasteiger partial charge in [-0.2, -0.15) is 4.90 Å². The summed E-state index contributed by atoms with van der Waals surface area (Å²) < 4.78 is 4.63. The normalized spacial score (nSPS) is 36.1. The van der Waals surface area contributed by atoms with Crippen molar-refractivity contribution in [1.29, 1.82) is 0 Å². The molecular formula is C24H22Cl2N2O7. The van der Waals surface area contributed by atoms with Crippen LogP contribution in [0.1, 0.15) is 29.9 Å². The maximum atomic E-state index is 13.4. The number of hydrogen-bond donors (Lipinski definition) is 1. The molecule has 0 spiro atoms. The first kappa shape index (κ1) is 23.8. The lowest BCUT2D eigenvalue weighted by atomic mass is 9.56. The number of aromatic hydroxyl groups is 1. The average Bonchev–Trinajstić information content (AvgIpc) is 3.15. The topological polar surface area (TPSA) is 121 Å². The minimum absolute atomic E-state index is 0.0378. The summed E-state index contributed by atoms with van der Waals surface area (Å²) in [5.41, 5.74) is 1.66. The quantitative estimate of drug-likeness (QED) is 0.342. The SMILES string of the molecule is COC(=O)N1C(=O)C2CC=C3C(CC4(Cl)C(=O)N(C)C(=O)C4(Cl)C3c3ccc(O)c(C)c3)C2C1=O. The third-order valence-corrected chi connectivity index (χ3v) is 9.34. The van der Waals surface area contributed by atoms with Crippen LogP contribution in [-0.4, -0.2) is 68.5 Å². The summed E-state index contributed by atoms with van der Waals surface area (Å²) in [5, 5.41) is 10.1. The number of carbonyl (C=O) groups excluding carboxylic acids is 5. The van der Waals surface area contributed by atoms with E-state index in [0.29, 0.717) is 21.6 Å². The second-order valence-electron chi connectivity index (χ2n) is 9.53. The van der Waals surface area contributed by atoms with Crippen LogP contribution in [0.3, 0.4) is 0 Å². The van der Waals surface area contributed by atoms with Crippen LogP contribution in [-0.2, 0) is 23.9 Å². The van der Waals surface area contributed by atoms with Gasteiger partial charge in [-0.25, -0.2) is 4.79 Å². The molecule has 1 saturated carbocycles. The summed E-state index contributed by atoms with van der Waals surface area (Å²) >= 11 is 14.1. The van der Waals surface area contributed by atoms with Crippen LogP contribution in [0, 0.1) is 24.7 Å². The predicted molar refractivity (Wildman–Crippen MR) is 123 cm³/mol. The Hall–Kier alpha value is -2.91. The van der Waals surface area contributed by atoms with E-state index in [1.54, 1.807) is 25.1 Å². The van der Waals surface area contributed by atoms with Crippen LogP contribution in [0.25, 0.3) is 0 Å². The van der Waals surface area contributed by atoms with Crippen molar-refractivity contribution < 1.29 is 33.8 Å². The van der Waals surface area contributed by atoms with Gasteiger partial charge in [0.25, 0.3) is 11.8 Å². The molecule has 0 radical (unpaired) electrons. The molecule has 0 bridgehead atoms. The molecule has 5 rings (SSSR count). The van der Waals surface area contributed by atoms with Gasteiger partial charge in [0.1, 0.15) is 5.75 Å². The molecular weight excluding hydrogens is 499 g/mol. The lowest BCUT2D eigenvalue weighted by Crippen LogP contribution is -2.60. The number of hydrogen-bond acceptors (Lipinski definition) is 7. The highest BCUT2D eigenvalue weighted by atomic mass is 35.5. The van der Waals surface area contributed by atoms with Crippen LogP contribution < -0.4 is 0 Å². The van der Waals surface area contributed by atoms with Gasteiger partial charge in [-0.05, 0) is 42.9 Å². The van der Waals surface area contributed by atoms with Crippen molar-refractivity contribution in [1.82, 2.24) is 9.80 Å². The van der Waals surface area contributed by atoms with Crippen molar-refractivity contribution in [2.24, 2.45) is 17.8 Å². The molecule has 11 heteroatoms. The molecule has 35 heavy (non-hydrogen) atoms. The minimum atomic E-state index is -1.90. The second kappa shape index (κ2) is 7.54. The number of alkyl halides is 2. The Bertz CT molecular complexity index is 1260. The first-order valence-electron chi connectivity index (χ1n) is 11.1. The Morgan fingerprint density at radius 3 is 2.43 bits per heavy atom. The molecule has 184 valence electrons. The molecule has 5 amide bonds. The molecule has 2 aliphatic carbocycles. The van der Waals surface area contributed by atoms with Crippen molar-refractivity contribution in [2.75, 3.05) is 14.2 Å². The molecule has 6 atom stereocenters. The average molecular weight is 521 g/mol. The second-order valence-corrected chi connectivity index (χ2v) is 10.8. The highest BCUT2D eigenvalue weighted by Crippen LogP contribution is 2.65. The molecule has 3 fully saturated rings. The number of methoxy groups -OCH3 is 1. The molecule has 0 aromatic heterocycles. The van der Waals surface area contributed by atoms with Gasteiger partial charge in [0.15, 0.2) is 9.75 Å². The first-order valence-corrected chi connectivity index (χ1v) is 11.8. The van der Waals surface area contributed by atoms with Crippen molar-refractivity contribution >= 4 is 52.9 Å². The van der Waals surface area contributed by atoms with Crippen LogP contribution in [0.5, 0.6) is 5.75 Å². The van der Waals surface area contributed by atoms with Crippen LogP contribution in [0.2, 0.25) is 0 Å². The van der Waals surface area contributed by atoms with Crippen LogP contribution in [0.15, 0.2) is 29.8 Å². The molecule has 6 unspecified atom stereocenters.